The third kappa shape index (κ3) is 50.7. The Labute approximate surface area is 412 Å². The lowest BCUT2D eigenvalue weighted by Gasteiger charge is -2.25. The molecule has 0 saturated carbocycles. The lowest BCUT2D eigenvalue weighted by molar-refractivity contribution is -0.870. The summed E-state index contributed by atoms with van der Waals surface area (Å²) in [5.74, 6) is -2.03. The first-order valence-corrected chi connectivity index (χ1v) is 27.5. The van der Waals surface area contributed by atoms with Crippen LogP contribution >= 0.6 is 0 Å². The van der Waals surface area contributed by atoms with Crippen LogP contribution in [0.2, 0.25) is 0 Å². The van der Waals surface area contributed by atoms with E-state index in [2.05, 4.69) is 74.6 Å². The second-order valence-corrected chi connectivity index (χ2v) is 19.5. The quantitative estimate of drug-likeness (QED) is 0.0211. The molecule has 1 N–H and O–H groups in total. The maximum atomic E-state index is 12.8. The number of hydrogen-bond donors (Lipinski definition) is 1. The number of ether oxygens (including phenoxy) is 4. The molecule has 0 amide bonds. The van der Waals surface area contributed by atoms with Gasteiger partial charge in [0.05, 0.1) is 34.4 Å². The molecule has 0 spiro atoms. The molecule has 0 fully saturated rings. The molecule has 67 heavy (non-hydrogen) atoms. The standard InChI is InChI=1S/C58H103NO8/c1-6-8-10-12-14-16-18-20-22-23-24-25-26-27-28-29-30-31-32-33-35-37-39-41-43-45-47-49-56(61)67-54(53-66-58(57(62)63)64-51-50-59(3,4)5)52-65-55(60)48-46-44-42-40-38-36-34-21-19-17-15-13-11-9-7-2/h15,17-18,20-21,23-24,26-27,34,54,58H,6-14,16,19,22,25,28-33,35-53H2,1-5H3/p+1/b17-15-,20-18-,24-23-,27-26-,34-21-. The number of unbranched alkanes of at least 4 members (excludes halogenated alkanes) is 25. The molecule has 2 atom stereocenters. The Morgan fingerprint density at radius 2 is 0.806 bits per heavy atom. The Hall–Kier alpha value is -3.01. The van der Waals surface area contributed by atoms with E-state index in [-0.39, 0.29) is 38.6 Å². The topological polar surface area (TPSA) is 108 Å². The summed E-state index contributed by atoms with van der Waals surface area (Å²) in [5.41, 5.74) is 0. The Balaban J connectivity index is 4.26. The van der Waals surface area contributed by atoms with Crippen LogP contribution in [0.4, 0.5) is 0 Å². The summed E-state index contributed by atoms with van der Waals surface area (Å²) >= 11 is 0. The summed E-state index contributed by atoms with van der Waals surface area (Å²) in [6.07, 6.45) is 58.6. The fourth-order valence-electron chi connectivity index (χ4n) is 7.46. The highest BCUT2D eigenvalue weighted by atomic mass is 16.7. The first kappa shape index (κ1) is 64.0. The van der Waals surface area contributed by atoms with E-state index in [4.69, 9.17) is 18.9 Å². The number of aliphatic carboxylic acids is 1. The molecule has 9 heteroatoms. The molecule has 0 rings (SSSR count). The summed E-state index contributed by atoms with van der Waals surface area (Å²) in [6, 6.07) is 0. The first-order valence-electron chi connectivity index (χ1n) is 27.5. The van der Waals surface area contributed by atoms with E-state index in [0.717, 1.165) is 77.0 Å². The average Bonchev–Trinajstić information content (AvgIpc) is 3.29. The van der Waals surface area contributed by atoms with Gasteiger partial charge in [0.25, 0.3) is 6.29 Å². The Morgan fingerprint density at radius 1 is 0.448 bits per heavy atom. The summed E-state index contributed by atoms with van der Waals surface area (Å²) in [4.78, 5) is 37.3. The molecular formula is C58H104NO8+. The molecule has 0 saturated heterocycles. The van der Waals surface area contributed by atoms with Gasteiger partial charge in [-0.1, -0.05) is 197 Å². The molecule has 0 aliphatic carbocycles. The molecule has 0 aromatic carbocycles. The number of nitrogens with zero attached hydrogens (tertiary/aromatic N) is 1. The van der Waals surface area contributed by atoms with Gasteiger partial charge < -0.3 is 28.5 Å². The second kappa shape index (κ2) is 49.4. The normalized spacial score (nSPS) is 13.3. The van der Waals surface area contributed by atoms with Crippen molar-refractivity contribution in [1.29, 1.82) is 0 Å². The van der Waals surface area contributed by atoms with Gasteiger partial charge in [-0.15, -0.1) is 0 Å². The van der Waals surface area contributed by atoms with Gasteiger partial charge in [0.1, 0.15) is 13.2 Å². The smallest absolute Gasteiger partial charge is 0.361 e. The number of hydrogen-bond acceptors (Lipinski definition) is 7. The summed E-state index contributed by atoms with van der Waals surface area (Å²) in [7, 11) is 5.96. The number of quaternary nitrogens is 1. The molecule has 0 aliphatic heterocycles. The zero-order chi connectivity index (χ0) is 49.2. The van der Waals surface area contributed by atoms with Crippen LogP contribution in [0, 0.1) is 0 Å². The van der Waals surface area contributed by atoms with E-state index < -0.39 is 24.3 Å². The van der Waals surface area contributed by atoms with Crippen LogP contribution in [-0.4, -0.2) is 87.4 Å². The molecule has 0 aliphatic rings. The van der Waals surface area contributed by atoms with Crippen molar-refractivity contribution in [1.82, 2.24) is 0 Å². The lowest BCUT2D eigenvalue weighted by atomic mass is 10.0. The highest BCUT2D eigenvalue weighted by Crippen LogP contribution is 2.15. The van der Waals surface area contributed by atoms with Crippen molar-refractivity contribution in [3.63, 3.8) is 0 Å². The largest absolute Gasteiger partial charge is 0.477 e. The zero-order valence-corrected chi connectivity index (χ0v) is 44.1. The van der Waals surface area contributed by atoms with Crippen molar-refractivity contribution in [2.75, 3.05) is 47.5 Å². The Kier molecular flexibility index (Phi) is 47.2. The van der Waals surface area contributed by atoms with E-state index >= 15 is 0 Å². The minimum Gasteiger partial charge on any atom is -0.477 e. The molecule has 9 nitrogen and oxygen atoms in total. The van der Waals surface area contributed by atoms with Gasteiger partial charge in [0, 0.05) is 12.8 Å². The highest BCUT2D eigenvalue weighted by Gasteiger charge is 2.25. The third-order valence-corrected chi connectivity index (χ3v) is 11.7. The minimum absolute atomic E-state index is 0.183. The summed E-state index contributed by atoms with van der Waals surface area (Å²) < 4.78 is 22.8. The van der Waals surface area contributed by atoms with Gasteiger partial charge in [0.15, 0.2) is 6.10 Å². The lowest BCUT2D eigenvalue weighted by Crippen LogP contribution is -2.40. The maximum absolute atomic E-state index is 12.8. The van der Waals surface area contributed by atoms with Crippen molar-refractivity contribution in [2.24, 2.45) is 0 Å². The molecule has 0 aromatic heterocycles. The number of likely N-dealkylation sites (N-methyl/N-ethyl adjacent to an activating group) is 1. The van der Waals surface area contributed by atoms with Crippen LogP contribution < -0.4 is 0 Å². The van der Waals surface area contributed by atoms with Crippen molar-refractivity contribution >= 4 is 17.9 Å². The molecule has 0 radical (unpaired) electrons. The molecule has 0 bridgehead atoms. The van der Waals surface area contributed by atoms with Gasteiger partial charge >= 0.3 is 17.9 Å². The number of carboxylic acid groups (broad SMARTS) is 1. The predicted octanol–water partition coefficient (Wildman–Crippen LogP) is 15.7. The number of allylic oxidation sites excluding steroid dienone is 10. The van der Waals surface area contributed by atoms with E-state index in [1.807, 2.05) is 21.1 Å². The van der Waals surface area contributed by atoms with Gasteiger partial charge in [-0.2, -0.15) is 0 Å². The third-order valence-electron chi connectivity index (χ3n) is 11.7. The maximum Gasteiger partial charge on any atom is 0.361 e. The number of carbonyl (C=O) groups is 3. The molecule has 0 heterocycles. The molecular weight excluding hydrogens is 839 g/mol. The van der Waals surface area contributed by atoms with Crippen LogP contribution in [0.25, 0.3) is 0 Å². The molecule has 0 aromatic rings. The van der Waals surface area contributed by atoms with Crippen molar-refractivity contribution in [3.8, 4) is 0 Å². The van der Waals surface area contributed by atoms with Gasteiger partial charge in [-0.05, 0) is 83.5 Å². The fraction of sp³-hybridized carbons (Fsp3) is 0.776. The number of carbonyl (C=O) groups excluding carboxylic acids is 2. The predicted molar refractivity (Wildman–Crippen MR) is 281 cm³/mol. The van der Waals surface area contributed by atoms with Gasteiger partial charge in [-0.25, -0.2) is 4.79 Å². The van der Waals surface area contributed by atoms with Crippen LogP contribution in [0.15, 0.2) is 60.8 Å². The van der Waals surface area contributed by atoms with Crippen LogP contribution in [0.1, 0.15) is 232 Å². The Morgan fingerprint density at radius 3 is 1.22 bits per heavy atom. The SMILES string of the molecule is CCCCC/C=C\C/C=C\CCCCCCCC(=O)OCC(COC(OCC[N+](C)(C)C)C(=O)O)OC(=O)CCCCCCCCCCCCCC/C=C\C/C=C\C/C=C\CCCCCCC. The zero-order valence-electron chi connectivity index (χ0n) is 44.1. The van der Waals surface area contributed by atoms with Crippen molar-refractivity contribution in [2.45, 2.75) is 245 Å². The summed E-state index contributed by atoms with van der Waals surface area (Å²) in [6.45, 7) is 4.82. The number of rotatable bonds is 50. The van der Waals surface area contributed by atoms with Crippen LogP contribution in [0.3, 0.4) is 0 Å². The second-order valence-electron chi connectivity index (χ2n) is 19.5. The van der Waals surface area contributed by atoms with Gasteiger partial charge in [0.2, 0.25) is 0 Å². The average molecular weight is 943 g/mol. The number of carboxylic acids is 1. The van der Waals surface area contributed by atoms with E-state index in [1.165, 1.54) is 122 Å². The van der Waals surface area contributed by atoms with Crippen molar-refractivity contribution in [3.05, 3.63) is 60.8 Å². The van der Waals surface area contributed by atoms with E-state index in [9.17, 15) is 19.5 Å². The Bertz CT molecular complexity index is 1280. The number of esters is 2. The first-order chi connectivity index (χ1) is 32.6. The minimum atomic E-state index is -1.51. The highest BCUT2D eigenvalue weighted by molar-refractivity contribution is 5.71. The van der Waals surface area contributed by atoms with Crippen LogP contribution in [0.5, 0.6) is 0 Å². The molecule has 388 valence electrons. The van der Waals surface area contributed by atoms with E-state index in [1.54, 1.807) is 0 Å². The van der Waals surface area contributed by atoms with E-state index in [0.29, 0.717) is 17.4 Å². The van der Waals surface area contributed by atoms with Crippen molar-refractivity contribution < 1.29 is 42.9 Å². The summed E-state index contributed by atoms with van der Waals surface area (Å²) in [5, 5.41) is 9.68. The fourth-order valence-corrected chi connectivity index (χ4v) is 7.46. The van der Waals surface area contributed by atoms with Crippen LogP contribution in [-0.2, 0) is 33.3 Å². The molecule has 2 unspecified atom stereocenters. The van der Waals surface area contributed by atoms with Gasteiger partial charge in [-0.3, -0.25) is 9.59 Å². The monoisotopic (exact) mass is 943 g/mol.